The average molecular weight is 1930 g/mol. The third-order valence-electron chi connectivity index (χ3n) is 33.0. The van der Waals surface area contributed by atoms with Gasteiger partial charge in [-0.2, -0.15) is 0 Å². The molecule has 7 aliphatic rings. The Bertz CT molecular complexity index is 7950. The fourth-order valence-electron chi connectivity index (χ4n) is 26.0. The molecule has 0 radical (unpaired) electrons. The molecule has 147 heavy (non-hydrogen) atoms. The van der Waals surface area contributed by atoms with Crippen LogP contribution in [0.3, 0.4) is 0 Å². The van der Waals surface area contributed by atoms with Gasteiger partial charge in [0.1, 0.15) is 62.0 Å². The second-order valence-electron chi connectivity index (χ2n) is 42.6. The molecule has 734 valence electrons. The third-order valence-corrected chi connectivity index (χ3v) is 33.0. The summed E-state index contributed by atoms with van der Waals surface area (Å²) in [5.41, 5.74) is 42.0. The predicted octanol–water partition coefficient (Wildman–Crippen LogP) is 21.7. The fourth-order valence-corrected chi connectivity index (χ4v) is 26.0. The Morgan fingerprint density at radius 1 is 0.259 bits per heavy atom. The van der Waals surface area contributed by atoms with E-state index in [4.69, 9.17) is 4.11 Å². The SMILES string of the molecule is Cc1cccc(C)c1B1N(C(C)C)c2cccc(C)c2-c2n(C)cc[n+]21.Cc1cccc(C)c1B1N(c2ccccc2)c2cccc(C)c2-c2n(C)cc[n+]21.Cc1cccc2c1-c1n(C)cc[n+]1B(c1c(-c3ccccc3)cccc1-c1ccccc1)N2C.Cc1cccc2c1-c1n(C)cc[n+]1B(c1c(C3CCCCC3)cccc1C1CCCCC1)N2C.[2H]C([2H])([2H])c1cccc(C)c1B1N(C)c2cccc(C)c2-c2n(C)cc[n+]21. The molecule has 15 nitrogen and oxygen atoms in total. The van der Waals surface area contributed by atoms with Crippen molar-refractivity contribution in [1.29, 1.82) is 0 Å². The van der Waals surface area contributed by atoms with E-state index in [0.717, 1.165) is 22.5 Å². The van der Waals surface area contributed by atoms with Crippen LogP contribution < -0.4 is 73.8 Å². The van der Waals surface area contributed by atoms with Crippen molar-refractivity contribution in [3.8, 4) is 79.2 Å². The summed E-state index contributed by atoms with van der Waals surface area (Å²) in [6, 6.07) is 98.5. The Morgan fingerprint density at radius 2 is 0.531 bits per heavy atom. The van der Waals surface area contributed by atoms with Crippen molar-refractivity contribution in [1.82, 2.24) is 22.8 Å². The Morgan fingerprint density at radius 3 is 0.898 bits per heavy atom. The van der Waals surface area contributed by atoms with Gasteiger partial charge in [0.05, 0.1) is 63.1 Å². The molecule has 0 N–H and O–H groups in total. The highest BCUT2D eigenvalue weighted by molar-refractivity contribution is 6.74. The fraction of sp³-hybridized carbons (Fsp3) is 0.268. The van der Waals surface area contributed by atoms with E-state index in [1.807, 2.05) is 45.5 Å². The topological polar surface area (TPSA) is 60.3 Å². The maximum atomic E-state index is 8.06. The van der Waals surface area contributed by atoms with E-state index < -0.39 is 6.85 Å². The smallest absolute Gasteiger partial charge is 0.372 e. The van der Waals surface area contributed by atoms with E-state index in [-0.39, 0.29) is 34.9 Å². The van der Waals surface area contributed by atoms with Gasteiger partial charge in [-0.1, -0.05) is 269 Å². The first kappa shape index (κ1) is 94.5. The molecule has 5 aromatic heterocycles. The summed E-state index contributed by atoms with van der Waals surface area (Å²) in [6.45, 7) is 24.6. The first-order valence-corrected chi connectivity index (χ1v) is 53.2. The van der Waals surface area contributed by atoms with Crippen molar-refractivity contribution in [2.75, 3.05) is 45.2 Å². The van der Waals surface area contributed by atoms with E-state index in [2.05, 4.69) is 492 Å². The monoisotopic (exact) mass is 1930 g/mol. The minimum atomic E-state index is -2.16. The van der Waals surface area contributed by atoms with Crippen LogP contribution in [0.5, 0.6) is 0 Å². The van der Waals surface area contributed by atoms with Gasteiger partial charge in [-0.15, -0.1) is 0 Å². The van der Waals surface area contributed by atoms with Crippen molar-refractivity contribution >= 4 is 96.4 Å². The maximum Gasteiger partial charge on any atom is 0.542 e. The van der Waals surface area contributed by atoms with Gasteiger partial charge in [0, 0.05) is 71.6 Å². The van der Waals surface area contributed by atoms with Crippen molar-refractivity contribution in [3.05, 3.63) is 407 Å². The maximum absolute atomic E-state index is 8.06. The normalized spacial score (nSPS) is 14.7. The van der Waals surface area contributed by atoms with Crippen LogP contribution in [0.15, 0.2) is 335 Å². The van der Waals surface area contributed by atoms with E-state index in [9.17, 15) is 0 Å². The molecule has 18 aromatic rings. The molecule has 2 saturated carbocycles. The number of imidazole rings is 5. The Balaban J connectivity index is 0.000000110. The van der Waals surface area contributed by atoms with Gasteiger partial charge in [0.15, 0.2) is 0 Å². The zero-order valence-electron chi connectivity index (χ0n) is 92.7. The second kappa shape index (κ2) is 40.9. The Labute approximate surface area is 878 Å². The summed E-state index contributed by atoms with van der Waals surface area (Å²) >= 11 is 0. The zero-order valence-corrected chi connectivity index (χ0v) is 89.7. The zero-order chi connectivity index (χ0) is 105. The van der Waals surface area contributed by atoms with Crippen LogP contribution in [0.2, 0.25) is 0 Å². The summed E-state index contributed by atoms with van der Waals surface area (Å²) in [5.74, 6) is 7.59. The van der Waals surface area contributed by atoms with Crippen LogP contribution in [-0.2, 0) is 35.2 Å². The molecule has 0 amide bonds. The first-order valence-electron chi connectivity index (χ1n) is 54.7. The van der Waals surface area contributed by atoms with Gasteiger partial charge in [0.2, 0.25) is 0 Å². The molecule has 0 atom stereocenters. The number of aryl methyl sites for hydroxylation is 16. The molecule has 25 rings (SSSR count). The largest absolute Gasteiger partial charge is 0.542 e. The summed E-state index contributed by atoms with van der Waals surface area (Å²) in [4.78, 5) is 12.3. The van der Waals surface area contributed by atoms with Crippen LogP contribution in [0, 0.1) is 76.1 Å². The number of fused-ring (bicyclic) bond motifs is 15. The van der Waals surface area contributed by atoms with Crippen molar-refractivity contribution in [2.24, 2.45) is 35.2 Å². The van der Waals surface area contributed by atoms with Crippen LogP contribution >= 0.6 is 0 Å². The lowest BCUT2D eigenvalue weighted by atomic mass is 9.56. The number of rotatable bonds is 11. The molecule has 0 bridgehead atoms. The lowest BCUT2D eigenvalue weighted by Crippen LogP contribution is -2.73. The molecule has 13 aromatic carbocycles. The number of benzene rings is 13. The predicted molar refractivity (Wildman–Crippen MR) is 617 cm³/mol. The quantitative estimate of drug-likeness (QED) is 0.121. The molecular formula is C127H141B5N15+5. The molecule has 0 unspecified atom stereocenters. The minimum absolute atomic E-state index is 0.0112. The Hall–Kier alpha value is -14.8. The van der Waals surface area contributed by atoms with Crippen molar-refractivity contribution in [3.63, 3.8) is 0 Å². The van der Waals surface area contributed by atoms with Gasteiger partial charge in [-0.3, -0.25) is 22.4 Å². The van der Waals surface area contributed by atoms with Crippen LogP contribution in [-0.4, -0.2) is 84.9 Å². The molecule has 5 aliphatic heterocycles. The lowest BCUT2D eigenvalue weighted by Gasteiger charge is -2.38. The molecule has 0 saturated heterocycles. The number of anilines is 6. The van der Waals surface area contributed by atoms with E-state index in [1.54, 1.807) is 22.7 Å². The second-order valence-corrected chi connectivity index (χ2v) is 42.6. The standard InChI is InChI=1S/C30H39BN3.C30H27BN3.C25H25BN3.C22H27BN3.C20H23BN3/c2*1-22-12-10-19-27-28(22)30-32(2)20-21-34(30)31(33(27)3)29-25(23-13-6-4-7-14-23)17-11-18-26(29)24-15-8-5-9-16-24;1-18-10-9-15-22-23(18)25-27(4)16-17-28(25)26(24-19(2)11-8-12-20(24)3)29(22)21-13-6-5-7-14-21;1-15(2)26-19-12-8-9-16(3)20(19)22-24(6)13-14-25(22)23(26)21-17(4)10-7-11-18(21)5;1-14-8-7-11-17-18(14)20-22(4)12-13-24(20)21(23(17)5)19-15(2)9-6-10-16(19)3/h10-12,17-21,23-24H,4-9,13-16H2,1-3H3;4-21H,1-3H3;5-17H,1-4H3;7-15H,1-6H3;6-13H,1-5H3/q5*+1/i;;;;2D3. The van der Waals surface area contributed by atoms with Crippen molar-refractivity contribution < 1.29 is 26.5 Å². The molecule has 2 fully saturated rings. The van der Waals surface area contributed by atoms with Gasteiger partial charge < -0.3 is 24.1 Å². The van der Waals surface area contributed by atoms with Gasteiger partial charge in [-0.25, -0.2) is 22.8 Å². The van der Waals surface area contributed by atoms with Gasteiger partial charge in [-0.05, 0) is 286 Å². The highest BCUT2D eigenvalue weighted by Crippen LogP contribution is 2.46. The molecular weight excluding hydrogens is 1790 g/mol. The highest BCUT2D eigenvalue weighted by Gasteiger charge is 2.53. The molecule has 10 heterocycles. The number of aromatic nitrogens is 10. The van der Waals surface area contributed by atoms with E-state index in [1.165, 1.54) is 232 Å². The highest BCUT2D eigenvalue weighted by atomic mass is 15.3. The van der Waals surface area contributed by atoms with Gasteiger partial charge in [0.25, 0.3) is 29.1 Å². The Kier molecular flexibility index (Phi) is 26.3. The number of nitrogens with zero attached hydrogens (tertiary/aromatic N) is 15. The molecule has 20 heteroatoms. The summed E-state index contributed by atoms with van der Waals surface area (Å²) in [7, 11) is 17.3. The molecule has 2 aliphatic carbocycles. The van der Waals surface area contributed by atoms with Crippen molar-refractivity contribution in [2.45, 2.75) is 172 Å². The number of hydrogen-bond acceptors (Lipinski definition) is 5. The number of hydrogen-bond donors (Lipinski definition) is 0. The summed E-state index contributed by atoms with van der Waals surface area (Å²) < 4.78 is 47.4. The number of para-hydroxylation sites is 1. The van der Waals surface area contributed by atoms with Crippen LogP contribution in [0.1, 0.15) is 166 Å². The van der Waals surface area contributed by atoms with Gasteiger partial charge >= 0.3 is 34.9 Å². The third kappa shape index (κ3) is 17.5. The van der Waals surface area contributed by atoms with E-state index in [0.29, 0.717) is 23.4 Å². The van der Waals surface area contributed by atoms with Crippen LogP contribution in [0.4, 0.5) is 34.1 Å². The molecule has 0 spiro atoms. The average Bonchev–Trinajstić information content (AvgIpc) is 1.51. The first-order chi connectivity index (χ1) is 72.5. The lowest BCUT2D eigenvalue weighted by molar-refractivity contribution is -0.524. The summed E-state index contributed by atoms with van der Waals surface area (Å²) in [5, 5.41) is 0. The summed E-state index contributed by atoms with van der Waals surface area (Å²) in [6.07, 6.45) is 35.6. The minimum Gasteiger partial charge on any atom is -0.372 e. The van der Waals surface area contributed by atoms with Crippen LogP contribution in [0.25, 0.3) is 79.2 Å². The van der Waals surface area contributed by atoms with E-state index >= 15 is 0 Å².